The number of carboxylic acid groups (broad SMARTS) is 1. The first-order valence-corrected chi connectivity index (χ1v) is 5.62. The van der Waals surface area contributed by atoms with E-state index >= 15 is 0 Å². The highest BCUT2D eigenvalue weighted by molar-refractivity contribution is 8.01. The molecule has 0 saturated heterocycles. The summed E-state index contributed by atoms with van der Waals surface area (Å²) in [5.41, 5.74) is -0.544. The molecule has 0 radical (unpaired) electrons. The molecule has 0 unspecified atom stereocenters. The molecular formula is C10H18O4S. The van der Waals surface area contributed by atoms with Gasteiger partial charge < -0.3 is 9.84 Å². The van der Waals surface area contributed by atoms with Crippen LogP contribution in [-0.4, -0.2) is 33.1 Å². The zero-order chi connectivity index (χ0) is 12.3. The number of rotatable bonds is 4. The highest BCUT2D eigenvalue weighted by Gasteiger charge is 2.33. The first-order chi connectivity index (χ1) is 6.54. The van der Waals surface area contributed by atoms with Crippen LogP contribution in [0.4, 0.5) is 0 Å². The van der Waals surface area contributed by atoms with Crippen molar-refractivity contribution >= 4 is 23.7 Å². The Morgan fingerprint density at radius 2 is 1.67 bits per heavy atom. The lowest BCUT2D eigenvalue weighted by atomic mass is 10.1. The Morgan fingerprint density at radius 1 is 1.20 bits per heavy atom. The summed E-state index contributed by atoms with van der Waals surface area (Å²) in [6.45, 7) is 8.66. The summed E-state index contributed by atoms with van der Waals surface area (Å²) in [7, 11) is 0. The van der Waals surface area contributed by atoms with E-state index in [0.29, 0.717) is 0 Å². The molecule has 88 valence electrons. The Balaban J connectivity index is 4.32. The standard InChI is InChI=1S/C10H18O4S/c1-9(2,3)14-8(13)10(4,5)15-6-7(11)12/h6H2,1-5H3,(H,11,12). The second-order valence-corrected chi connectivity index (χ2v) is 6.29. The van der Waals surface area contributed by atoms with Crippen LogP contribution in [-0.2, 0) is 14.3 Å². The molecule has 1 N–H and O–H groups in total. The number of ether oxygens (including phenoxy) is 1. The Morgan fingerprint density at radius 3 is 2.00 bits per heavy atom. The molecule has 0 aromatic rings. The zero-order valence-corrected chi connectivity index (χ0v) is 10.6. The fraction of sp³-hybridized carbons (Fsp3) is 0.800. The number of esters is 1. The summed E-state index contributed by atoms with van der Waals surface area (Å²) < 4.78 is 4.35. The van der Waals surface area contributed by atoms with E-state index in [1.807, 2.05) is 0 Å². The molecule has 0 amide bonds. The number of carbonyl (C=O) groups is 2. The SMILES string of the molecule is CC(C)(C)OC(=O)C(C)(C)SCC(=O)O. The Labute approximate surface area is 94.4 Å². The van der Waals surface area contributed by atoms with Crippen LogP contribution in [0.1, 0.15) is 34.6 Å². The van der Waals surface area contributed by atoms with Crippen molar-refractivity contribution < 1.29 is 19.4 Å². The quantitative estimate of drug-likeness (QED) is 0.753. The summed E-state index contributed by atoms with van der Waals surface area (Å²) in [4.78, 5) is 22.0. The molecule has 0 aromatic heterocycles. The van der Waals surface area contributed by atoms with Gasteiger partial charge in [-0.2, -0.15) is 0 Å². The van der Waals surface area contributed by atoms with Crippen LogP contribution in [0.25, 0.3) is 0 Å². The van der Waals surface area contributed by atoms with Crippen molar-refractivity contribution in [3.63, 3.8) is 0 Å². The van der Waals surface area contributed by atoms with Crippen LogP contribution in [0.3, 0.4) is 0 Å². The lowest BCUT2D eigenvalue weighted by Crippen LogP contribution is -2.37. The molecule has 0 rings (SSSR count). The van der Waals surface area contributed by atoms with Gasteiger partial charge in [0.1, 0.15) is 10.3 Å². The summed E-state index contributed by atoms with van der Waals surface area (Å²) in [5.74, 6) is -1.43. The largest absolute Gasteiger partial charge is 0.481 e. The Hall–Kier alpha value is -0.710. The average Bonchev–Trinajstić information content (AvgIpc) is 1.97. The average molecular weight is 234 g/mol. The maximum atomic E-state index is 11.7. The smallest absolute Gasteiger partial charge is 0.322 e. The van der Waals surface area contributed by atoms with Gasteiger partial charge in [-0.3, -0.25) is 9.59 Å². The molecule has 0 aromatic carbocycles. The number of hydrogen-bond acceptors (Lipinski definition) is 4. The minimum absolute atomic E-state index is 0.105. The summed E-state index contributed by atoms with van der Waals surface area (Å²) in [6, 6.07) is 0. The van der Waals surface area contributed by atoms with Crippen molar-refractivity contribution in [1.82, 2.24) is 0 Å². The van der Waals surface area contributed by atoms with Crippen LogP contribution in [0.15, 0.2) is 0 Å². The first kappa shape index (κ1) is 14.3. The first-order valence-electron chi connectivity index (χ1n) is 4.64. The van der Waals surface area contributed by atoms with Crippen molar-refractivity contribution in [3.05, 3.63) is 0 Å². The van der Waals surface area contributed by atoms with Gasteiger partial charge in [-0.05, 0) is 34.6 Å². The van der Waals surface area contributed by atoms with Crippen molar-refractivity contribution in [1.29, 1.82) is 0 Å². The van der Waals surface area contributed by atoms with E-state index in [4.69, 9.17) is 9.84 Å². The van der Waals surface area contributed by atoms with Gasteiger partial charge in [0.15, 0.2) is 0 Å². The predicted octanol–water partition coefficient (Wildman–Crippen LogP) is 1.92. The van der Waals surface area contributed by atoms with Gasteiger partial charge in [0.2, 0.25) is 0 Å². The Bertz CT molecular complexity index is 253. The summed E-state index contributed by atoms with van der Waals surface area (Å²) >= 11 is 1.06. The summed E-state index contributed by atoms with van der Waals surface area (Å²) in [5, 5.41) is 8.52. The molecule has 0 aliphatic rings. The molecule has 0 fully saturated rings. The molecule has 15 heavy (non-hydrogen) atoms. The molecule has 0 bridgehead atoms. The van der Waals surface area contributed by atoms with E-state index in [9.17, 15) is 9.59 Å². The third-order valence-corrected chi connectivity index (χ3v) is 2.73. The monoisotopic (exact) mass is 234 g/mol. The van der Waals surface area contributed by atoms with Gasteiger partial charge in [0.25, 0.3) is 0 Å². The second kappa shape index (κ2) is 4.88. The van der Waals surface area contributed by atoms with Crippen LogP contribution < -0.4 is 0 Å². The number of aliphatic carboxylic acids is 1. The van der Waals surface area contributed by atoms with Crippen molar-refractivity contribution in [2.24, 2.45) is 0 Å². The van der Waals surface area contributed by atoms with Gasteiger partial charge in [0, 0.05) is 0 Å². The van der Waals surface area contributed by atoms with Crippen LogP contribution >= 0.6 is 11.8 Å². The topological polar surface area (TPSA) is 63.6 Å². The third-order valence-electron chi connectivity index (χ3n) is 1.45. The molecule has 0 aliphatic carbocycles. The third kappa shape index (κ3) is 6.38. The van der Waals surface area contributed by atoms with E-state index in [1.54, 1.807) is 34.6 Å². The maximum absolute atomic E-state index is 11.7. The highest BCUT2D eigenvalue weighted by atomic mass is 32.2. The molecule has 0 saturated carbocycles. The van der Waals surface area contributed by atoms with Gasteiger partial charge in [-0.15, -0.1) is 11.8 Å². The lowest BCUT2D eigenvalue weighted by Gasteiger charge is -2.27. The molecular weight excluding hydrogens is 216 g/mol. The van der Waals surface area contributed by atoms with Crippen molar-refractivity contribution in [3.8, 4) is 0 Å². The Kier molecular flexibility index (Phi) is 4.65. The molecule has 0 heterocycles. The fourth-order valence-electron chi connectivity index (χ4n) is 0.702. The minimum Gasteiger partial charge on any atom is -0.481 e. The number of carbonyl (C=O) groups excluding carboxylic acids is 1. The predicted molar refractivity (Wildman–Crippen MR) is 60.0 cm³/mol. The number of thioether (sulfide) groups is 1. The number of carboxylic acids is 1. The molecule has 0 atom stereocenters. The van der Waals surface area contributed by atoms with Crippen molar-refractivity contribution in [2.75, 3.05) is 5.75 Å². The van der Waals surface area contributed by atoms with Gasteiger partial charge >= 0.3 is 11.9 Å². The van der Waals surface area contributed by atoms with Crippen LogP contribution in [0, 0.1) is 0 Å². The zero-order valence-electron chi connectivity index (χ0n) is 9.79. The molecule has 4 nitrogen and oxygen atoms in total. The van der Waals surface area contributed by atoms with E-state index in [2.05, 4.69) is 0 Å². The van der Waals surface area contributed by atoms with E-state index in [1.165, 1.54) is 0 Å². The minimum atomic E-state index is -0.934. The molecule has 0 aliphatic heterocycles. The fourth-order valence-corrected chi connectivity index (χ4v) is 1.35. The molecule has 5 heteroatoms. The van der Waals surface area contributed by atoms with Crippen LogP contribution in [0.5, 0.6) is 0 Å². The maximum Gasteiger partial charge on any atom is 0.322 e. The van der Waals surface area contributed by atoms with Crippen LogP contribution in [0.2, 0.25) is 0 Å². The summed E-state index contributed by atoms with van der Waals surface area (Å²) in [6.07, 6.45) is 0. The number of hydrogen-bond donors (Lipinski definition) is 1. The van der Waals surface area contributed by atoms with Gasteiger partial charge in [0.05, 0.1) is 5.75 Å². The molecule has 0 spiro atoms. The lowest BCUT2D eigenvalue weighted by molar-refractivity contribution is -0.156. The van der Waals surface area contributed by atoms with Crippen molar-refractivity contribution in [2.45, 2.75) is 45.0 Å². The van der Waals surface area contributed by atoms with E-state index in [0.717, 1.165) is 11.8 Å². The normalized spacial score (nSPS) is 12.3. The van der Waals surface area contributed by atoms with E-state index in [-0.39, 0.29) is 11.7 Å². The van der Waals surface area contributed by atoms with E-state index < -0.39 is 16.3 Å². The van der Waals surface area contributed by atoms with Gasteiger partial charge in [-0.25, -0.2) is 0 Å². The second-order valence-electron chi connectivity index (χ2n) is 4.69. The van der Waals surface area contributed by atoms with Gasteiger partial charge in [-0.1, -0.05) is 0 Å². The highest BCUT2D eigenvalue weighted by Crippen LogP contribution is 2.27.